The predicted octanol–water partition coefficient (Wildman–Crippen LogP) is 4.60. The van der Waals surface area contributed by atoms with Crippen LogP contribution in [0.15, 0.2) is 72.3 Å². The summed E-state index contributed by atoms with van der Waals surface area (Å²) in [5.74, 6) is -0.137. The third kappa shape index (κ3) is 14.7. The summed E-state index contributed by atoms with van der Waals surface area (Å²) in [7, 11) is 2.50. The van der Waals surface area contributed by atoms with E-state index >= 15 is 0 Å². The summed E-state index contributed by atoms with van der Waals surface area (Å²) in [6.45, 7) is 17.5. The Hall–Kier alpha value is -2.81. The van der Waals surface area contributed by atoms with Gasteiger partial charge in [-0.1, -0.05) is 93.8 Å². The van der Waals surface area contributed by atoms with E-state index in [0.717, 1.165) is 52.3 Å². The van der Waals surface area contributed by atoms with Gasteiger partial charge in [0.1, 0.15) is 0 Å². The number of likely N-dealkylation sites (tertiary alicyclic amines) is 1. The van der Waals surface area contributed by atoms with Gasteiger partial charge in [-0.2, -0.15) is 0 Å². The summed E-state index contributed by atoms with van der Waals surface area (Å²) in [5, 5.41) is 19.2. The second-order valence-electron chi connectivity index (χ2n) is 15.5. The summed E-state index contributed by atoms with van der Waals surface area (Å²) < 4.78 is 15.0. The minimum atomic E-state index is -1.07. The van der Waals surface area contributed by atoms with E-state index < -0.39 is 27.6 Å². The summed E-state index contributed by atoms with van der Waals surface area (Å²) in [6.07, 6.45) is 4.75. The number of carbonyl (C=O) groups is 2. The molecule has 3 heterocycles. The second-order valence-corrected chi connectivity index (χ2v) is 20.9. The van der Waals surface area contributed by atoms with Crippen molar-refractivity contribution in [2.75, 3.05) is 73.5 Å². The van der Waals surface area contributed by atoms with Crippen LogP contribution in [-0.2, 0) is 36.9 Å². The zero-order chi connectivity index (χ0) is 38.3. The molecule has 0 aliphatic carbocycles. The van der Waals surface area contributed by atoms with Crippen LogP contribution in [0.4, 0.5) is 0 Å². The molecule has 2 N–H and O–H groups in total. The molecule has 2 atom stereocenters. The summed E-state index contributed by atoms with van der Waals surface area (Å²) in [6, 6.07) is 20.9. The van der Waals surface area contributed by atoms with Crippen molar-refractivity contribution in [1.82, 2.24) is 19.4 Å². The van der Waals surface area contributed by atoms with E-state index in [1.54, 1.807) is 20.8 Å². The number of methoxy groups -OCH3 is 3. The van der Waals surface area contributed by atoms with E-state index in [1.807, 2.05) is 33.9 Å². The maximum atomic E-state index is 12.6. The van der Waals surface area contributed by atoms with Gasteiger partial charge in [-0.3, -0.25) is 14.6 Å². The van der Waals surface area contributed by atoms with E-state index in [1.165, 1.54) is 31.5 Å². The molecule has 53 heavy (non-hydrogen) atoms. The molecule has 3 aliphatic heterocycles. The van der Waals surface area contributed by atoms with Gasteiger partial charge in [-0.15, -0.1) is 0 Å². The monoisotopic (exact) mass is 752 g/mol. The van der Waals surface area contributed by atoms with Gasteiger partial charge in [0.05, 0.1) is 34.4 Å². The van der Waals surface area contributed by atoms with Crippen molar-refractivity contribution in [3.8, 4) is 0 Å². The molecular weight excluding hydrogens is 686 g/mol. The van der Waals surface area contributed by atoms with Crippen molar-refractivity contribution in [3.05, 3.63) is 83.4 Å². The fourth-order valence-electron chi connectivity index (χ4n) is 7.38. The summed E-state index contributed by atoms with van der Waals surface area (Å²) in [4.78, 5) is 32.3. The van der Waals surface area contributed by atoms with Gasteiger partial charge >= 0.3 is 26.0 Å². The molecule has 3 aliphatic rings. The van der Waals surface area contributed by atoms with E-state index in [2.05, 4.69) is 76.6 Å². The molecule has 5 rings (SSSR count). The van der Waals surface area contributed by atoms with E-state index in [9.17, 15) is 19.6 Å². The smallest absolute Gasteiger partial charge is 0.376 e. The standard InChI is InChI=1S/C17H25BN2O3.C13H23NOSi.C8H14BNO3.CH4/c1-18(22)20-9-8-15-11-19(10-14-6-4-3-5-7-14)12-17(15,13-20)16(21)23-2;1-15-11-14(12-16(2,3)4)10-13-8-6-5-7-9-13;1-9(12)10-5-3-4-7(6-10)8(11)13-2;/h3-7,15,22H,8-13H2,1-2H3;5-9H,10-12H2,1-4H3;4,12H,3,5-6H2,1-2H3;1H4. The molecule has 294 valence electrons. The van der Waals surface area contributed by atoms with E-state index in [-0.39, 0.29) is 19.4 Å². The Morgan fingerprint density at radius 3 is 2.02 bits per heavy atom. The summed E-state index contributed by atoms with van der Waals surface area (Å²) in [5.41, 5.74) is 2.74. The maximum absolute atomic E-state index is 12.6. The first kappa shape index (κ1) is 46.3. The number of carbonyl (C=O) groups excluding carboxylic acids is 2. The zero-order valence-corrected chi connectivity index (χ0v) is 33.8. The largest absolute Gasteiger partial charge is 0.469 e. The molecule has 11 nitrogen and oxygen atoms in total. The van der Waals surface area contributed by atoms with Gasteiger partial charge < -0.3 is 33.9 Å². The molecule has 0 spiro atoms. The summed E-state index contributed by atoms with van der Waals surface area (Å²) >= 11 is 0. The highest BCUT2D eigenvalue weighted by atomic mass is 28.3. The van der Waals surface area contributed by atoms with E-state index in [4.69, 9.17) is 9.47 Å². The van der Waals surface area contributed by atoms with Crippen LogP contribution in [0.25, 0.3) is 0 Å². The fourth-order valence-corrected chi connectivity index (χ4v) is 8.92. The molecule has 0 bridgehead atoms. The Labute approximate surface area is 321 Å². The van der Waals surface area contributed by atoms with Gasteiger partial charge in [0, 0.05) is 52.0 Å². The van der Waals surface area contributed by atoms with Crippen molar-refractivity contribution >= 4 is 34.1 Å². The first-order valence-electron chi connectivity index (χ1n) is 18.4. The zero-order valence-electron chi connectivity index (χ0n) is 32.8. The number of benzene rings is 2. The first-order valence-corrected chi connectivity index (χ1v) is 22.1. The van der Waals surface area contributed by atoms with Crippen molar-refractivity contribution < 1.29 is 33.8 Å². The van der Waals surface area contributed by atoms with Gasteiger partial charge in [-0.25, -0.2) is 4.79 Å². The lowest BCUT2D eigenvalue weighted by atomic mass is 9.69. The lowest BCUT2D eigenvalue weighted by Crippen LogP contribution is -2.56. The molecule has 14 heteroatoms. The molecule has 2 saturated heterocycles. The molecule has 0 radical (unpaired) electrons. The molecule has 2 aromatic rings. The predicted molar refractivity (Wildman–Crippen MR) is 219 cm³/mol. The third-order valence-electron chi connectivity index (χ3n) is 9.80. The SMILES string of the molecule is C.COC(=O)C12CN(Cc3ccccc3)CC1CCN(B(C)O)C2.COC(=O)C1=CCCN(B(C)O)C1.COCN(Cc1ccccc1)C[Si](C)(C)C. The van der Waals surface area contributed by atoms with Crippen molar-refractivity contribution in [1.29, 1.82) is 0 Å². The van der Waals surface area contributed by atoms with Crippen LogP contribution < -0.4 is 0 Å². The third-order valence-corrected chi connectivity index (χ3v) is 11.2. The molecule has 0 amide bonds. The highest BCUT2D eigenvalue weighted by molar-refractivity contribution is 6.76. The average Bonchev–Trinajstić information content (AvgIpc) is 3.50. The maximum Gasteiger partial charge on any atom is 0.376 e. The Kier molecular flexibility index (Phi) is 19.7. The van der Waals surface area contributed by atoms with Gasteiger partial charge in [-0.05, 0) is 62.8 Å². The van der Waals surface area contributed by atoms with Gasteiger partial charge in [0.2, 0.25) is 0 Å². The second kappa shape index (κ2) is 22.5. The van der Waals surface area contributed by atoms with Crippen LogP contribution in [0.1, 0.15) is 31.4 Å². The Bertz CT molecular complexity index is 1400. The number of piperidine rings is 1. The topological polar surface area (TPSA) is 115 Å². The number of hydrogen-bond acceptors (Lipinski definition) is 11. The van der Waals surface area contributed by atoms with Crippen LogP contribution >= 0.6 is 0 Å². The fraction of sp³-hybridized carbons (Fsp3) is 0.590. The first-order chi connectivity index (χ1) is 24.7. The average molecular weight is 753 g/mol. The van der Waals surface area contributed by atoms with Crippen LogP contribution in [0, 0.1) is 11.3 Å². The lowest BCUT2D eigenvalue weighted by Gasteiger charge is -2.42. The number of hydrogen-bond donors (Lipinski definition) is 2. The highest BCUT2D eigenvalue weighted by Gasteiger charge is 2.56. The Morgan fingerprint density at radius 2 is 1.49 bits per heavy atom. The normalized spacial score (nSPS) is 20.4. The van der Waals surface area contributed by atoms with E-state index in [0.29, 0.717) is 31.1 Å². The van der Waals surface area contributed by atoms with Crippen molar-refractivity contribution in [2.45, 2.75) is 66.6 Å². The number of fused-ring (bicyclic) bond motifs is 1. The number of nitrogens with zero attached hydrogens (tertiary/aromatic N) is 4. The lowest BCUT2D eigenvalue weighted by molar-refractivity contribution is -0.157. The van der Waals surface area contributed by atoms with Gasteiger partial charge in [0.25, 0.3) is 0 Å². The van der Waals surface area contributed by atoms with Crippen molar-refractivity contribution in [2.24, 2.45) is 11.3 Å². The van der Waals surface area contributed by atoms with Gasteiger partial charge in [0.15, 0.2) is 0 Å². The van der Waals surface area contributed by atoms with Crippen LogP contribution in [0.5, 0.6) is 0 Å². The molecule has 2 fully saturated rings. The minimum Gasteiger partial charge on any atom is -0.469 e. The minimum absolute atomic E-state index is 0. The Morgan fingerprint density at radius 1 is 0.887 bits per heavy atom. The number of ether oxygens (including phenoxy) is 3. The number of esters is 2. The highest BCUT2D eigenvalue weighted by Crippen LogP contribution is 2.43. The van der Waals surface area contributed by atoms with Crippen LogP contribution in [0.2, 0.25) is 33.3 Å². The van der Waals surface area contributed by atoms with Crippen molar-refractivity contribution in [3.63, 3.8) is 0 Å². The molecular formula is C39H66B2N4O7Si. The molecule has 0 saturated carbocycles. The van der Waals surface area contributed by atoms with Crippen LogP contribution in [-0.4, -0.2) is 137 Å². The number of rotatable bonds is 12. The molecule has 0 aromatic heterocycles. The molecule has 2 aromatic carbocycles. The quantitative estimate of drug-likeness (QED) is 0.180. The Balaban J connectivity index is 0.000000286. The van der Waals surface area contributed by atoms with Crippen LogP contribution in [0.3, 0.4) is 0 Å². The molecule has 2 unspecified atom stereocenters.